The third kappa shape index (κ3) is 5.19. The summed E-state index contributed by atoms with van der Waals surface area (Å²) in [5, 5.41) is 15.3. The molecule has 0 aliphatic rings. The lowest BCUT2D eigenvalue weighted by atomic mass is 10.1. The van der Waals surface area contributed by atoms with Crippen molar-refractivity contribution in [2.45, 2.75) is 40.0 Å². The Morgan fingerprint density at radius 1 is 1.07 bits per heavy atom. The number of carbonyl (C=O) groups is 1. The average molecular weight is 393 g/mol. The van der Waals surface area contributed by atoms with Crippen LogP contribution in [-0.4, -0.2) is 32.5 Å². The molecule has 152 valence electrons. The van der Waals surface area contributed by atoms with Crippen molar-refractivity contribution >= 4 is 11.7 Å². The Morgan fingerprint density at radius 3 is 2.45 bits per heavy atom. The Labute approximate surface area is 171 Å². The molecule has 1 N–H and O–H groups in total. The summed E-state index contributed by atoms with van der Waals surface area (Å²) >= 11 is 0. The van der Waals surface area contributed by atoms with Crippen LogP contribution in [0.25, 0.3) is 5.69 Å². The Morgan fingerprint density at radius 2 is 1.83 bits per heavy atom. The highest BCUT2D eigenvalue weighted by Gasteiger charge is 2.21. The van der Waals surface area contributed by atoms with Gasteiger partial charge in [0.1, 0.15) is 0 Å². The third-order valence-corrected chi connectivity index (χ3v) is 4.43. The van der Waals surface area contributed by atoms with Gasteiger partial charge in [-0.3, -0.25) is 4.79 Å². The van der Waals surface area contributed by atoms with E-state index in [4.69, 9.17) is 4.74 Å². The number of benzene rings is 1. The summed E-state index contributed by atoms with van der Waals surface area (Å²) in [6.45, 7) is 8.94. The fourth-order valence-corrected chi connectivity index (χ4v) is 2.91. The fraction of sp³-hybridized carbons (Fsp3) is 0.364. The van der Waals surface area contributed by atoms with Gasteiger partial charge in [0.25, 0.3) is 5.91 Å². The van der Waals surface area contributed by atoms with E-state index in [-0.39, 0.29) is 11.8 Å². The second-order valence-electron chi connectivity index (χ2n) is 7.59. The molecule has 29 heavy (non-hydrogen) atoms. The topological polar surface area (TPSA) is 81.9 Å². The number of rotatable bonds is 8. The number of carbonyl (C=O) groups excluding carboxylic acids is 1. The summed E-state index contributed by atoms with van der Waals surface area (Å²) in [4.78, 5) is 12.9. The van der Waals surface area contributed by atoms with Crippen LogP contribution in [0.5, 0.6) is 5.88 Å². The van der Waals surface area contributed by atoms with E-state index < -0.39 is 0 Å². The van der Waals surface area contributed by atoms with E-state index >= 15 is 0 Å². The van der Waals surface area contributed by atoms with Crippen molar-refractivity contribution in [2.24, 2.45) is 5.92 Å². The van der Waals surface area contributed by atoms with Gasteiger partial charge in [-0.2, -0.15) is 5.10 Å². The molecule has 3 rings (SSSR count). The van der Waals surface area contributed by atoms with Gasteiger partial charge in [-0.05, 0) is 36.5 Å². The molecule has 1 amide bonds. The molecule has 7 heteroatoms. The summed E-state index contributed by atoms with van der Waals surface area (Å²) in [5.41, 5.74) is 2.27. The fourth-order valence-electron chi connectivity index (χ4n) is 2.91. The number of aromatic nitrogens is 4. The van der Waals surface area contributed by atoms with Gasteiger partial charge in [0, 0.05) is 6.07 Å². The maximum Gasteiger partial charge on any atom is 0.260 e. The molecule has 7 nitrogen and oxygen atoms in total. The van der Waals surface area contributed by atoms with E-state index in [9.17, 15) is 4.79 Å². The van der Waals surface area contributed by atoms with Crippen LogP contribution in [0, 0.1) is 5.92 Å². The van der Waals surface area contributed by atoms with Crippen molar-refractivity contribution in [1.82, 2.24) is 20.0 Å². The number of hydrogen-bond donors (Lipinski definition) is 1. The maximum atomic E-state index is 12.9. The number of para-hydroxylation sites is 1. The molecule has 3 aromatic rings. The number of anilines is 1. The Kier molecular flexibility index (Phi) is 6.59. The minimum atomic E-state index is -0.265. The Balaban J connectivity index is 1.73. The van der Waals surface area contributed by atoms with Crippen molar-refractivity contribution in [3.63, 3.8) is 0 Å². The Bertz CT molecular complexity index is 934. The Hall–Kier alpha value is -3.22. The van der Waals surface area contributed by atoms with E-state index in [0.29, 0.717) is 29.8 Å². The number of nitrogens with one attached hydrogen (secondary N) is 1. The molecule has 1 aromatic carbocycles. The molecule has 0 bridgehead atoms. The van der Waals surface area contributed by atoms with Crippen molar-refractivity contribution in [1.29, 1.82) is 0 Å². The largest absolute Gasteiger partial charge is 0.477 e. The molecular formula is C22H27N5O2. The minimum absolute atomic E-state index is 0.112. The minimum Gasteiger partial charge on any atom is -0.477 e. The summed E-state index contributed by atoms with van der Waals surface area (Å²) in [5.74, 6) is 1.23. The normalized spacial score (nSPS) is 11.1. The highest BCUT2D eigenvalue weighted by atomic mass is 16.5. The zero-order valence-corrected chi connectivity index (χ0v) is 17.3. The summed E-state index contributed by atoms with van der Waals surface area (Å²) in [6, 6.07) is 13.2. The van der Waals surface area contributed by atoms with Crippen LogP contribution in [0.4, 0.5) is 5.82 Å². The standard InChI is InChI=1S/C22H27N5O2/c1-15(2)12-13-29-20-11-10-19(25-26-20)24-22(28)18-14-23-27(21(18)16(3)4)17-8-6-5-7-9-17/h5-11,14-16H,12-13H2,1-4H3,(H,24,25,28). The van der Waals surface area contributed by atoms with Crippen LogP contribution in [0.1, 0.15) is 56.1 Å². The smallest absolute Gasteiger partial charge is 0.260 e. The second kappa shape index (κ2) is 9.32. The van der Waals surface area contributed by atoms with E-state index in [1.165, 1.54) is 0 Å². The maximum absolute atomic E-state index is 12.9. The highest BCUT2D eigenvalue weighted by molar-refractivity contribution is 6.04. The predicted molar refractivity (Wildman–Crippen MR) is 113 cm³/mol. The van der Waals surface area contributed by atoms with Gasteiger partial charge in [0.15, 0.2) is 5.82 Å². The molecule has 0 aliphatic heterocycles. The van der Waals surface area contributed by atoms with Gasteiger partial charge in [0.05, 0.1) is 29.7 Å². The zero-order valence-electron chi connectivity index (χ0n) is 17.3. The van der Waals surface area contributed by atoms with Crippen molar-refractivity contribution in [2.75, 3.05) is 11.9 Å². The summed E-state index contributed by atoms with van der Waals surface area (Å²) in [6.07, 6.45) is 2.54. The van der Waals surface area contributed by atoms with Gasteiger partial charge >= 0.3 is 0 Å². The van der Waals surface area contributed by atoms with E-state index in [1.54, 1.807) is 23.0 Å². The monoisotopic (exact) mass is 393 g/mol. The van der Waals surface area contributed by atoms with Crippen LogP contribution in [0.3, 0.4) is 0 Å². The summed E-state index contributed by atoms with van der Waals surface area (Å²) in [7, 11) is 0. The molecule has 0 atom stereocenters. The van der Waals surface area contributed by atoms with Crippen molar-refractivity contribution in [3.05, 3.63) is 59.9 Å². The lowest BCUT2D eigenvalue weighted by molar-refractivity contribution is 0.102. The van der Waals surface area contributed by atoms with Crippen LogP contribution in [-0.2, 0) is 0 Å². The quantitative estimate of drug-likeness (QED) is 0.611. The molecule has 0 aliphatic carbocycles. The number of hydrogen-bond acceptors (Lipinski definition) is 5. The first-order chi connectivity index (χ1) is 14.0. The second-order valence-corrected chi connectivity index (χ2v) is 7.59. The first-order valence-corrected chi connectivity index (χ1v) is 9.87. The van der Waals surface area contributed by atoms with Gasteiger partial charge in [-0.1, -0.05) is 45.9 Å². The van der Waals surface area contributed by atoms with Crippen molar-refractivity contribution < 1.29 is 9.53 Å². The predicted octanol–water partition coefficient (Wildman–Crippen LogP) is 4.46. The third-order valence-electron chi connectivity index (χ3n) is 4.43. The lowest BCUT2D eigenvalue weighted by Crippen LogP contribution is -2.16. The molecule has 2 heterocycles. The SMILES string of the molecule is CC(C)CCOc1ccc(NC(=O)c2cnn(-c3ccccc3)c2C(C)C)nn1. The van der Waals surface area contributed by atoms with Gasteiger partial charge in [0.2, 0.25) is 5.88 Å². The van der Waals surface area contributed by atoms with Gasteiger partial charge in [-0.25, -0.2) is 4.68 Å². The molecular weight excluding hydrogens is 366 g/mol. The van der Waals surface area contributed by atoms with Crippen LogP contribution >= 0.6 is 0 Å². The summed E-state index contributed by atoms with van der Waals surface area (Å²) < 4.78 is 7.37. The number of amides is 1. The molecule has 0 saturated heterocycles. The first-order valence-electron chi connectivity index (χ1n) is 9.87. The molecule has 0 fully saturated rings. The van der Waals surface area contributed by atoms with Crippen LogP contribution in [0.15, 0.2) is 48.7 Å². The van der Waals surface area contributed by atoms with Gasteiger partial charge < -0.3 is 10.1 Å². The van der Waals surface area contributed by atoms with Crippen LogP contribution < -0.4 is 10.1 Å². The van der Waals surface area contributed by atoms with Crippen molar-refractivity contribution in [3.8, 4) is 11.6 Å². The molecule has 2 aromatic heterocycles. The zero-order chi connectivity index (χ0) is 20.8. The first kappa shape index (κ1) is 20.5. The van der Waals surface area contributed by atoms with Crippen LogP contribution in [0.2, 0.25) is 0 Å². The molecule has 0 saturated carbocycles. The lowest BCUT2D eigenvalue weighted by Gasteiger charge is -2.13. The van der Waals surface area contributed by atoms with E-state index in [0.717, 1.165) is 17.8 Å². The molecule has 0 spiro atoms. The average Bonchev–Trinajstić information content (AvgIpc) is 3.15. The van der Waals surface area contributed by atoms with Gasteiger partial charge in [-0.15, -0.1) is 10.2 Å². The molecule has 0 radical (unpaired) electrons. The molecule has 0 unspecified atom stereocenters. The van der Waals surface area contributed by atoms with E-state index in [2.05, 4.69) is 34.5 Å². The number of nitrogens with zero attached hydrogens (tertiary/aromatic N) is 4. The number of ether oxygens (including phenoxy) is 1. The highest BCUT2D eigenvalue weighted by Crippen LogP contribution is 2.24. The van der Waals surface area contributed by atoms with E-state index in [1.807, 2.05) is 44.2 Å².